The minimum Gasteiger partial charge on any atom is -0.381 e. The first kappa shape index (κ1) is 19.0. The number of ether oxygens (including phenoxy) is 1. The van der Waals surface area contributed by atoms with Crippen molar-refractivity contribution in [3.63, 3.8) is 0 Å². The average molecular weight is 440 g/mol. The maximum absolute atomic E-state index is 12.9. The van der Waals surface area contributed by atoms with E-state index in [1.54, 1.807) is 12.4 Å². The van der Waals surface area contributed by atoms with Crippen molar-refractivity contribution in [2.75, 3.05) is 19.8 Å². The topological polar surface area (TPSA) is 64.1 Å². The number of halogens is 1. The summed E-state index contributed by atoms with van der Waals surface area (Å²) in [5.41, 5.74) is 3.10. The van der Waals surface area contributed by atoms with Crippen LogP contribution >= 0.6 is 15.9 Å². The van der Waals surface area contributed by atoms with Crippen molar-refractivity contribution in [2.45, 2.75) is 19.3 Å². The quantitative estimate of drug-likeness (QED) is 0.520. The largest absolute Gasteiger partial charge is 0.381 e. The van der Waals surface area contributed by atoms with Crippen molar-refractivity contribution in [1.29, 1.82) is 0 Å². The lowest BCUT2D eigenvalue weighted by Gasteiger charge is -2.11. The third-order valence-electron chi connectivity index (χ3n) is 4.79. The number of fused-ring (bicyclic) bond motifs is 1. The molecule has 1 fully saturated rings. The Morgan fingerprint density at radius 1 is 1.18 bits per heavy atom. The summed E-state index contributed by atoms with van der Waals surface area (Å²) < 4.78 is 6.55. The molecule has 0 bridgehead atoms. The van der Waals surface area contributed by atoms with Gasteiger partial charge in [0.25, 0.3) is 5.91 Å². The molecule has 0 spiro atoms. The van der Waals surface area contributed by atoms with E-state index in [9.17, 15) is 4.79 Å². The van der Waals surface area contributed by atoms with E-state index in [1.165, 1.54) is 12.8 Å². The van der Waals surface area contributed by atoms with Crippen LogP contribution in [0.15, 0.2) is 53.3 Å². The highest BCUT2D eigenvalue weighted by Crippen LogP contribution is 2.29. The molecular weight excluding hydrogens is 418 g/mol. The van der Waals surface area contributed by atoms with Gasteiger partial charge < -0.3 is 10.1 Å². The van der Waals surface area contributed by atoms with E-state index in [-0.39, 0.29) is 5.91 Å². The molecule has 6 heteroatoms. The van der Waals surface area contributed by atoms with Gasteiger partial charge >= 0.3 is 0 Å². The lowest BCUT2D eigenvalue weighted by Crippen LogP contribution is -2.25. The molecule has 0 atom stereocenters. The molecule has 1 saturated carbocycles. The van der Waals surface area contributed by atoms with Crippen molar-refractivity contribution >= 4 is 32.7 Å². The van der Waals surface area contributed by atoms with Crippen molar-refractivity contribution in [1.82, 2.24) is 15.3 Å². The Hall–Kier alpha value is -2.31. The standard InChI is InChI=1S/C22H22BrN3O2/c23-17-4-5-20-18(12-17)19(13-21(26-20)16-6-9-24-10-7-16)22(27)25-8-1-11-28-14-15-2-3-15/h4-7,9-10,12-13,15H,1-3,8,11,14H2,(H,25,27). The van der Waals surface area contributed by atoms with Gasteiger partial charge in [0.2, 0.25) is 0 Å². The van der Waals surface area contributed by atoms with Gasteiger partial charge in [-0.1, -0.05) is 15.9 Å². The van der Waals surface area contributed by atoms with Gasteiger partial charge in [-0.05, 0) is 61.6 Å². The molecule has 5 nitrogen and oxygen atoms in total. The first-order chi connectivity index (χ1) is 13.7. The summed E-state index contributed by atoms with van der Waals surface area (Å²) in [6.45, 7) is 2.12. The normalized spacial score (nSPS) is 13.6. The van der Waals surface area contributed by atoms with Crippen LogP contribution in [0.25, 0.3) is 22.2 Å². The summed E-state index contributed by atoms with van der Waals surface area (Å²) in [5.74, 6) is 0.672. The van der Waals surface area contributed by atoms with Crippen LogP contribution in [0.3, 0.4) is 0 Å². The molecule has 1 amide bonds. The Balaban J connectivity index is 1.51. The summed E-state index contributed by atoms with van der Waals surface area (Å²) in [6, 6.07) is 11.4. The molecule has 0 unspecified atom stereocenters. The van der Waals surface area contributed by atoms with E-state index in [1.807, 2.05) is 36.4 Å². The van der Waals surface area contributed by atoms with Crippen LogP contribution in [-0.2, 0) is 4.74 Å². The number of carbonyl (C=O) groups excluding carboxylic acids is 1. The SMILES string of the molecule is O=C(NCCCOCC1CC1)c1cc(-c2ccncc2)nc2ccc(Br)cc12. The summed E-state index contributed by atoms with van der Waals surface area (Å²) in [5, 5.41) is 3.85. The lowest BCUT2D eigenvalue weighted by molar-refractivity contribution is 0.0939. The van der Waals surface area contributed by atoms with E-state index >= 15 is 0 Å². The van der Waals surface area contributed by atoms with E-state index in [0.29, 0.717) is 18.7 Å². The molecular formula is C22H22BrN3O2. The number of hydrogen-bond acceptors (Lipinski definition) is 4. The van der Waals surface area contributed by atoms with Crippen LogP contribution in [0.1, 0.15) is 29.6 Å². The minimum atomic E-state index is -0.0944. The molecule has 4 rings (SSSR count). The maximum Gasteiger partial charge on any atom is 0.252 e. The number of nitrogens with one attached hydrogen (secondary N) is 1. The number of carbonyl (C=O) groups is 1. The van der Waals surface area contributed by atoms with Crippen LogP contribution in [0, 0.1) is 5.92 Å². The molecule has 0 saturated heterocycles. The predicted molar refractivity (Wildman–Crippen MR) is 113 cm³/mol. The Bertz CT molecular complexity index is 974. The lowest BCUT2D eigenvalue weighted by atomic mass is 10.0. The number of amides is 1. The van der Waals surface area contributed by atoms with Crippen LogP contribution in [-0.4, -0.2) is 35.6 Å². The highest BCUT2D eigenvalue weighted by atomic mass is 79.9. The summed E-state index contributed by atoms with van der Waals surface area (Å²) >= 11 is 3.49. The first-order valence-corrected chi connectivity index (χ1v) is 10.4. The molecule has 0 radical (unpaired) electrons. The van der Waals surface area contributed by atoms with Gasteiger partial charge in [-0.2, -0.15) is 0 Å². The van der Waals surface area contributed by atoms with Gasteiger partial charge in [0.1, 0.15) is 0 Å². The highest BCUT2D eigenvalue weighted by molar-refractivity contribution is 9.10. The number of benzene rings is 1. The van der Waals surface area contributed by atoms with Gasteiger partial charge in [0, 0.05) is 47.6 Å². The second-order valence-electron chi connectivity index (χ2n) is 7.08. The number of nitrogens with zero attached hydrogens (tertiary/aromatic N) is 2. The average Bonchev–Trinajstić information content (AvgIpc) is 3.54. The monoisotopic (exact) mass is 439 g/mol. The van der Waals surface area contributed by atoms with Crippen molar-refractivity contribution in [3.8, 4) is 11.3 Å². The second kappa shape index (κ2) is 8.80. The van der Waals surface area contributed by atoms with Gasteiger partial charge in [0.15, 0.2) is 0 Å². The van der Waals surface area contributed by atoms with E-state index in [4.69, 9.17) is 9.72 Å². The Labute approximate surface area is 172 Å². The number of hydrogen-bond donors (Lipinski definition) is 1. The van der Waals surface area contributed by atoms with Gasteiger partial charge in [0.05, 0.1) is 16.8 Å². The van der Waals surface area contributed by atoms with Crippen molar-refractivity contribution < 1.29 is 9.53 Å². The smallest absolute Gasteiger partial charge is 0.252 e. The fourth-order valence-electron chi connectivity index (χ4n) is 3.06. The molecule has 1 aliphatic carbocycles. The minimum absolute atomic E-state index is 0.0944. The summed E-state index contributed by atoms with van der Waals surface area (Å²) in [6.07, 6.45) is 6.85. The third-order valence-corrected chi connectivity index (χ3v) is 5.29. The van der Waals surface area contributed by atoms with Crippen LogP contribution in [0.5, 0.6) is 0 Å². The van der Waals surface area contributed by atoms with Gasteiger partial charge in [-0.15, -0.1) is 0 Å². The van der Waals surface area contributed by atoms with E-state index in [0.717, 1.165) is 45.6 Å². The molecule has 1 N–H and O–H groups in total. The molecule has 2 heterocycles. The third kappa shape index (κ3) is 4.75. The second-order valence-corrected chi connectivity index (χ2v) is 8.00. The highest BCUT2D eigenvalue weighted by Gasteiger charge is 2.21. The molecule has 1 aromatic carbocycles. The molecule has 2 aromatic heterocycles. The number of aromatic nitrogens is 2. The van der Waals surface area contributed by atoms with Crippen molar-refractivity contribution in [3.05, 3.63) is 58.8 Å². The number of pyridine rings is 2. The fourth-order valence-corrected chi connectivity index (χ4v) is 3.42. The van der Waals surface area contributed by atoms with Gasteiger partial charge in [-0.25, -0.2) is 4.98 Å². The van der Waals surface area contributed by atoms with Crippen LogP contribution in [0.4, 0.5) is 0 Å². The molecule has 28 heavy (non-hydrogen) atoms. The number of rotatable bonds is 8. The van der Waals surface area contributed by atoms with E-state index < -0.39 is 0 Å². The first-order valence-electron chi connectivity index (χ1n) is 9.57. The van der Waals surface area contributed by atoms with Crippen LogP contribution < -0.4 is 5.32 Å². The fraction of sp³-hybridized carbons (Fsp3) is 0.318. The Morgan fingerprint density at radius 3 is 2.79 bits per heavy atom. The summed E-state index contributed by atoms with van der Waals surface area (Å²) in [7, 11) is 0. The predicted octanol–water partition coefficient (Wildman–Crippen LogP) is 4.61. The zero-order valence-corrected chi connectivity index (χ0v) is 17.1. The molecule has 1 aliphatic rings. The van der Waals surface area contributed by atoms with Crippen LogP contribution in [0.2, 0.25) is 0 Å². The zero-order valence-electron chi connectivity index (χ0n) is 15.5. The molecule has 144 valence electrons. The van der Waals surface area contributed by atoms with Gasteiger partial charge in [-0.3, -0.25) is 9.78 Å². The summed E-state index contributed by atoms with van der Waals surface area (Å²) in [4.78, 5) is 21.7. The van der Waals surface area contributed by atoms with Crippen molar-refractivity contribution in [2.24, 2.45) is 5.92 Å². The molecule has 3 aromatic rings. The Kier molecular flexibility index (Phi) is 5.98. The maximum atomic E-state index is 12.9. The van der Waals surface area contributed by atoms with E-state index in [2.05, 4.69) is 26.2 Å². The zero-order chi connectivity index (χ0) is 19.3. The molecule has 0 aliphatic heterocycles. The Morgan fingerprint density at radius 2 is 2.00 bits per heavy atom.